The Kier molecular flexibility index (Phi) is 4.01. The Hall–Kier alpha value is -3.41. The smallest absolute Gasteiger partial charge is 0.280 e. The van der Waals surface area contributed by atoms with Crippen LogP contribution in [0.2, 0.25) is 0 Å². The van der Waals surface area contributed by atoms with E-state index in [2.05, 4.69) is 16.3 Å². The van der Waals surface area contributed by atoms with Crippen molar-refractivity contribution in [2.45, 2.75) is 32.2 Å². The molecule has 0 bridgehead atoms. The van der Waals surface area contributed by atoms with Crippen molar-refractivity contribution < 1.29 is 14.4 Å². The minimum Gasteiger partial charge on any atom is -0.454 e. The zero-order valence-electron chi connectivity index (χ0n) is 13.8. The molecule has 0 N–H and O–H groups in total. The number of rotatable bonds is 3. The van der Waals surface area contributed by atoms with Crippen molar-refractivity contribution in [3.05, 3.63) is 39.5 Å². The number of aryl methyl sites for hydroxylation is 1. The summed E-state index contributed by atoms with van der Waals surface area (Å²) in [6, 6.07) is 4.92. The van der Waals surface area contributed by atoms with Crippen LogP contribution in [-0.2, 0) is 13.0 Å². The summed E-state index contributed by atoms with van der Waals surface area (Å²) in [6.07, 6.45) is 5.40. The summed E-state index contributed by atoms with van der Waals surface area (Å²) >= 11 is 0. The Morgan fingerprint density at radius 2 is 2.08 bits per heavy atom. The van der Waals surface area contributed by atoms with Gasteiger partial charge >= 0.3 is 0 Å². The third-order valence-corrected chi connectivity index (χ3v) is 4.49. The van der Waals surface area contributed by atoms with Crippen LogP contribution in [0.5, 0.6) is 11.5 Å². The number of allylic oxidation sites excluding steroid dienone is 1. The van der Waals surface area contributed by atoms with Gasteiger partial charge in [-0.15, -0.1) is 10.2 Å². The van der Waals surface area contributed by atoms with Crippen LogP contribution < -0.4 is 9.47 Å². The highest BCUT2D eigenvalue weighted by Crippen LogP contribution is 2.39. The molecule has 0 amide bonds. The fourth-order valence-electron chi connectivity index (χ4n) is 3.21. The first kappa shape index (κ1) is 16.1. The molecule has 3 heterocycles. The van der Waals surface area contributed by atoms with E-state index in [1.165, 1.54) is 18.2 Å². The average molecular weight is 353 g/mol. The summed E-state index contributed by atoms with van der Waals surface area (Å²) in [4.78, 5) is 10.9. The third kappa shape index (κ3) is 2.75. The topological polar surface area (TPSA) is 116 Å². The molecule has 2 aliphatic heterocycles. The molecule has 0 atom stereocenters. The molecule has 0 spiro atoms. The molecule has 0 saturated heterocycles. The molecule has 0 saturated carbocycles. The molecule has 132 valence electrons. The van der Waals surface area contributed by atoms with Gasteiger partial charge in [0.1, 0.15) is 11.9 Å². The second-order valence-corrected chi connectivity index (χ2v) is 6.09. The van der Waals surface area contributed by atoms with Gasteiger partial charge in [0.2, 0.25) is 6.79 Å². The molecule has 2 aliphatic rings. The van der Waals surface area contributed by atoms with Gasteiger partial charge in [-0.25, -0.2) is 0 Å². The highest BCUT2D eigenvalue weighted by molar-refractivity contribution is 5.89. The third-order valence-electron chi connectivity index (χ3n) is 4.49. The average Bonchev–Trinajstić information content (AvgIpc) is 3.18. The monoisotopic (exact) mass is 353 g/mol. The lowest BCUT2D eigenvalue weighted by atomic mass is 10.1. The minimum atomic E-state index is -0.507. The Bertz CT molecular complexity index is 957. The maximum atomic E-state index is 11.4. The lowest BCUT2D eigenvalue weighted by Gasteiger charge is -2.06. The van der Waals surface area contributed by atoms with Gasteiger partial charge in [-0.05, 0) is 25.0 Å². The quantitative estimate of drug-likeness (QED) is 0.473. The molecule has 9 nitrogen and oxygen atoms in total. The van der Waals surface area contributed by atoms with E-state index >= 15 is 0 Å². The second kappa shape index (κ2) is 6.48. The molecule has 26 heavy (non-hydrogen) atoms. The number of aromatic nitrogens is 3. The number of nitro benzene ring substituents is 1. The first-order valence-electron chi connectivity index (χ1n) is 8.29. The van der Waals surface area contributed by atoms with E-state index in [1.807, 2.05) is 4.57 Å². The zero-order chi connectivity index (χ0) is 18.1. The number of fused-ring (bicyclic) bond motifs is 2. The van der Waals surface area contributed by atoms with Crippen molar-refractivity contribution in [2.75, 3.05) is 6.79 Å². The lowest BCUT2D eigenvalue weighted by Crippen LogP contribution is -2.05. The molecule has 9 heteroatoms. The molecule has 0 radical (unpaired) electrons. The number of hydrogen-bond donors (Lipinski definition) is 0. The van der Waals surface area contributed by atoms with E-state index in [4.69, 9.17) is 9.47 Å². The predicted molar refractivity (Wildman–Crippen MR) is 90.3 cm³/mol. The molecular formula is C17H15N5O4. The summed E-state index contributed by atoms with van der Waals surface area (Å²) < 4.78 is 12.4. The van der Waals surface area contributed by atoms with E-state index in [1.54, 1.807) is 0 Å². The number of nitriles is 1. The molecular weight excluding hydrogens is 338 g/mol. The second-order valence-electron chi connectivity index (χ2n) is 6.09. The van der Waals surface area contributed by atoms with Crippen LogP contribution in [0.1, 0.15) is 36.5 Å². The first-order valence-corrected chi connectivity index (χ1v) is 8.29. The van der Waals surface area contributed by atoms with Crippen LogP contribution in [0.3, 0.4) is 0 Å². The van der Waals surface area contributed by atoms with E-state index in [0.29, 0.717) is 17.3 Å². The molecule has 0 fully saturated rings. The van der Waals surface area contributed by atoms with E-state index in [9.17, 15) is 15.4 Å². The van der Waals surface area contributed by atoms with Crippen molar-refractivity contribution in [2.24, 2.45) is 0 Å². The fourth-order valence-corrected chi connectivity index (χ4v) is 3.21. The van der Waals surface area contributed by atoms with Crippen LogP contribution in [0, 0.1) is 21.4 Å². The van der Waals surface area contributed by atoms with Gasteiger partial charge in [-0.2, -0.15) is 5.26 Å². The van der Waals surface area contributed by atoms with E-state index in [0.717, 1.165) is 38.1 Å². The normalized spacial score (nSPS) is 15.9. The largest absolute Gasteiger partial charge is 0.454 e. The van der Waals surface area contributed by atoms with Crippen LogP contribution in [0.4, 0.5) is 5.69 Å². The number of nitro groups is 1. The number of nitrogens with zero attached hydrogens (tertiary/aromatic N) is 5. The Balaban J connectivity index is 1.81. The van der Waals surface area contributed by atoms with Gasteiger partial charge in [0.25, 0.3) is 5.69 Å². The summed E-state index contributed by atoms with van der Waals surface area (Å²) in [5, 5.41) is 29.4. The molecule has 2 aromatic rings. The first-order chi connectivity index (χ1) is 12.7. The van der Waals surface area contributed by atoms with Gasteiger partial charge in [0, 0.05) is 13.0 Å². The number of ether oxygens (including phenoxy) is 2. The Morgan fingerprint density at radius 1 is 1.27 bits per heavy atom. The van der Waals surface area contributed by atoms with Gasteiger partial charge in [-0.3, -0.25) is 10.1 Å². The predicted octanol–water partition coefficient (Wildman–Crippen LogP) is 2.71. The SMILES string of the molecule is N#CC(=Cc1cc2c(cc1[N+](=O)[O-])OCO2)c1nnc2n1CCCCC2. The molecule has 0 unspecified atom stereocenters. The fraction of sp³-hybridized carbons (Fsp3) is 0.353. The Morgan fingerprint density at radius 3 is 2.85 bits per heavy atom. The van der Waals surface area contributed by atoms with Crippen molar-refractivity contribution in [1.82, 2.24) is 14.8 Å². The van der Waals surface area contributed by atoms with Crippen molar-refractivity contribution in [3.63, 3.8) is 0 Å². The van der Waals surface area contributed by atoms with Crippen LogP contribution in [0.25, 0.3) is 11.6 Å². The maximum absolute atomic E-state index is 11.4. The highest BCUT2D eigenvalue weighted by atomic mass is 16.7. The van der Waals surface area contributed by atoms with Crippen LogP contribution in [-0.4, -0.2) is 26.5 Å². The van der Waals surface area contributed by atoms with Crippen LogP contribution >= 0.6 is 0 Å². The molecule has 1 aromatic heterocycles. The van der Waals surface area contributed by atoms with Gasteiger partial charge in [-0.1, -0.05) is 6.42 Å². The van der Waals surface area contributed by atoms with Gasteiger partial charge in [0.05, 0.1) is 22.1 Å². The van der Waals surface area contributed by atoms with Crippen molar-refractivity contribution in [1.29, 1.82) is 5.26 Å². The minimum absolute atomic E-state index is 0.0163. The van der Waals surface area contributed by atoms with E-state index < -0.39 is 4.92 Å². The standard InChI is InChI=1S/C17H15N5O4/c18-9-12(17-20-19-16-4-2-1-3-5-21(16)17)6-11-7-14-15(26-10-25-14)8-13(11)22(23)24/h6-8H,1-5,10H2. The number of hydrogen-bond acceptors (Lipinski definition) is 7. The van der Waals surface area contributed by atoms with E-state index in [-0.39, 0.29) is 23.6 Å². The van der Waals surface area contributed by atoms with Crippen molar-refractivity contribution >= 4 is 17.3 Å². The molecule has 1 aromatic carbocycles. The zero-order valence-corrected chi connectivity index (χ0v) is 13.8. The summed E-state index contributed by atoms with van der Waals surface area (Å²) in [5.41, 5.74) is 0.340. The van der Waals surface area contributed by atoms with Crippen molar-refractivity contribution in [3.8, 4) is 17.6 Å². The molecule has 0 aliphatic carbocycles. The lowest BCUT2D eigenvalue weighted by molar-refractivity contribution is -0.385. The summed E-state index contributed by atoms with van der Waals surface area (Å²) in [5.74, 6) is 2.03. The number of benzene rings is 1. The van der Waals surface area contributed by atoms with Gasteiger partial charge < -0.3 is 14.0 Å². The summed E-state index contributed by atoms with van der Waals surface area (Å²) in [7, 11) is 0. The molecule has 4 rings (SSSR count). The summed E-state index contributed by atoms with van der Waals surface area (Å²) in [6.45, 7) is 0.752. The highest BCUT2D eigenvalue weighted by Gasteiger charge is 2.24. The van der Waals surface area contributed by atoms with Gasteiger partial charge in [0.15, 0.2) is 17.3 Å². The Labute approximate surface area is 148 Å². The maximum Gasteiger partial charge on any atom is 0.280 e. The van der Waals surface area contributed by atoms with Crippen LogP contribution in [0.15, 0.2) is 12.1 Å².